The smallest absolute Gasteiger partial charge is 0.251 e. The summed E-state index contributed by atoms with van der Waals surface area (Å²) in [5.74, 6) is 0.634. The van der Waals surface area contributed by atoms with E-state index in [0.29, 0.717) is 24.5 Å². The van der Waals surface area contributed by atoms with Crippen LogP contribution in [0.2, 0.25) is 0 Å². The highest BCUT2D eigenvalue weighted by atomic mass is 35.5. The number of hydrogen-bond donors (Lipinski definition) is 2. The molecule has 0 aliphatic carbocycles. The number of amides is 1. The van der Waals surface area contributed by atoms with Crippen LogP contribution in [0.3, 0.4) is 0 Å². The van der Waals surface area contributed by atoms with Gasteiger partial charge in [0.15, 0.2) is 0 Å². The number of benzene rings is 1. The van der Waals surface area contributed by atoms with E-state index >= 15 is 0 Å². The molecule has 1 fully saturated rings. The van der Waals surface area contributed by atoms with E-state index in [1.165, 1.54) is 0 Å². The third-order valence-electron chi connectivity index (χ3n) is 3.68. The molecule has 1 aromatic carbocycles. The number of ether oxygens (including phenoxy) is 2. The van der Waals surface area contributed by atoms with Crippen LogP contribution in [0, 0.1) is 0 Å². The lowest BCUT2D eigenvalue weighted by molar-refractivity contribution is 0.0679. The summed E-state index contributed by atoms with van der Waals surface area (Å²) >= 11 is 0. The second-order valence-electron chi connectivity index (χ2n) is 5.64. The molecule has 1 saturated heterocycles. The summed E-state index contributed by atoms with van der Waals surface area (Å²) in [7, 11) is 0. The lowest BCUT2D eigenvalue weighted by atomic mass is 10.2. The van der Waals surface area contributed by atoms with Crippen molar-refractivity contribution in [2.45, 2.75) is 38.8 Å². The maximum atomic E-state index is 12.1. The zero-order valence-corrected chi connectivity index (χ0v) is 14.7. The summed E-state index contributed by atoms with van der Waals surface area (Å²) in [6.45, 7) is 6.96. The average molecular weight is 343 g/mol. The summed E-state index contributed by atoms with van der Waals surface area (Å²) in [5.41, 5.74) is 0.619. The van der Waals surface area contributed by atoms with E-state index in [4.69, 9.17) is 9.47 Å². The van der Waals surface area contributed by atoms with E-state index in [-0.39, 0.29) is 30.5 Å². The number of halogens is 1. The van der Waals surface area contributed by atoms with E-state index in [0.717, 1.165) is 26.0 Å². The van der Waals surface area contributed by atoms with E-state index in [1.54, 1.807) is 12.1 Å². The average Bonchev–Trinajstić information content (AvgIpc) is 3.04. The van der Waals surface area contributed by atoms with Gasteiger partial charge in [0.25, 0.3) is 5.91 Å². The van der Waals surface area contributed by atoms with E-state index in [1.807, 2.05) is 26.0 Å². The van der Waals surface area contributed by atoms with Crippen molar-refractivity contribution >= 4 is 18.3 Å². The molecule has 0 radical (unpaired) electrons. The Kier molecular flexibility index (Phi) is 8.99. The van der Waals surface area contributed by atoms with Crippen LogP contribution in [0.25, 0.3) is 0 Å². The van der Waals surface area contributed by atoms with Crippen LogP contribution >= 0.6 is 12.4 Å². The van der Waals surface area contributed by atoms with Crippen molar-refractivity contribution in [3.63, 3.8) is 0 Å². The maximum absolute atomic E-state index is 12.1. The van der Waals surface area contributed by atoms with Crippen molar-refractivity contribution in [1.82, 2.24) is 10.6 Å². The number of carbonyl (C=O) groups excluding carboxylic acids is 1. The molecule has 2 atom stereocenters. The van der Waals surface area contributed by atoms with Gasteiger partial charge >= 0.3 is 0 Å². The maximum Gasteiger partial charge on any atom is 0.251 e. The molecule has 0 spiro atoms. The molecular formula is C17H27ClN2O3. The highest BCUT2D eigenvalue weighted by Crippen LogP contribution is 2.17. The minimum atomic E-state index is -0.0766. The fraction of sp³-hybridized carbons (Fsp3) is 0.588. The molecule has 1 aliphatic heterocycles. The summed E-state index contributed by atoms with van der Waals surface area (Å²) in [6.07, 6.45) is 2.32. The Hall–Kier alpha value is -1.30. The van der Waals surface area contributed by atoms with Crippen molar-refractivity contribution in [3.05, 3.63) is 29.8 Å². The summed E-state index contributed by atoms with van der Waals surface area (Å²) in [4.78, 5) is 12.1. The third kappa shape index (κ3) is 6.77. The molecule has 5 nitrogen and oxygen atoms in total. The minimum absolute atomic E-state index is 0. The van der Waals surface area contributed by atoms with Gasteiger partial charge in [-0.25, -0.2) is 0 Å². The van der Waals surface area contributed by atoms with Crippen molar-refractivity contribution in [3.8, 4) is 5.75 Å². The fourth-order valence-electron chi connectivity index (χ4n) is 2.46. The second kappa shape index (κ2) is 10.5. The van der Waals surface area contributed by atoms with Gasteiger partial charge in [-0.2, -0.15) is 0 Å². The number of carbonyl (C=O) groups is 1. The van der Waals surface area contributed by atoms with Crippen molar-refractivity contribution in [1.29, 1.82) is 0 Å². The quantitative estimate of drug-likeness (QED) is 0.761. The van der Waals surface area contributed by atoms with E-state index < -0.39 is 0 Å². The highest BCUT2D eigenvalue weighted by molar-refractivity contribution is 5.94. The molecule has 23 heavy (non-hydrogen) atoms. The van der Waals surface area contributed by atoms with E-state index in [2.05, 4.69) is 10.6 Å². The number of likely N-dealkylation sites (N-methyl/N-ethyl adjacent to an activating group) is 1. The van der Waals surface area contributed by atoms with Gasteiger partial charge in [0.1, 0.15) is 12.4 Å². The lowest BCUT2D eigenvalue weighted by Crippen LogP contribution is -2.38. The normalized spacial score (nSPS) is 18.1. The van der Waals surface area contributed by atoms with Crippen molar-refractivity contribution in [2.75, 3.05) is 26.3 Å². The van der Waals surface area contributed by atoms with Gasteiger partial charge in [-0.3, -0.25) is 4.79 Å². The van der Waals surface area contributed by atoms with Gasteiger partial charge in [-0.1, -0.05) is 13.0 Å². The molecule has 1 aliphatic rings. The number of nitrogens with one attached hydrogen (secondary N) is 2. The lowest BCUT2D eigenvalue weighted by Gasteiger charge is -2.14. The van der Waals surface area contributed by atoms with Gasteiger partial charge in [0, 0.05) is 24.8 Å². The molecule has 1 amide bonds. The molecule has 1 aromatic rings. The van der Waals surface area contributed by atoms with Crippen LogP contribution < -0.4 is 15.4 Å². The van der Waals surface area contributed by atoms with Crippen LogP contribution in [-0.2, 0) is 4.74 Å². The Labute approximate surface area is 144 Å². The first kappa shape index (κ1) is 19.7. The first-order valence-corrected chi connectivity index (χ1v) is 8.05. The molecule has 0 saturated carbocycles. The van der Waals surface area contributed by atoms with Crippen LogP contribution in [0.5, 0.6) is 5.75 Å². The summed E-state index contributed by atoms with van der Waals surface area (Å²) < 4.78 is 11.3. The van der Waals surface area contributed by atoms with Gasteiger partial charge in [0.2, 0.25) is 0 Å². The van der Waals surface area contributed by atoms with E-state index in [9.17, 15) is 4.79 Å². The Balaban J connectivity index is 0.00000264. The third-order valence-corrected chi connectivity index (χ3v) is 3.68. The predicted molar refractivity (Wildman–Crippen MR) is 93.6 cm³/mol. The minimum Gasteiger partial charge on any atom is -0.491 e. The van der Waals surface area contributed by atoms with Crippen LogP contribution in [0.4, 0.5) is 0 Å². The topological polar surface area (TPSA) is 59.6 Å². The van der Waals surface area contributed by atoms with Crippen LogP contribution in [0.15, 0.2) is 24.3 Å². The SMILES string of the molecule is CCN[C@H](C)CNC(=O)c1cccc(OCC2CCCO2)c1.Cl. The predicted octanol–water partition coefficient (Wildman–Crippen LogP) is 2.39. The van der Waals surface area contributed by atoms with Gasteiger partial charge in [-0.15, -0.1) is 12.4 Å². The molecule has 2 rings (SSSR count). The summed E-state index contributed by atoms with van der Waals surface area (Å²) in [6, 6.07) is 7.54. The first-order valence-electron chi connectivity index (χ1n) is 8.05. The van der Waals surface area contributed by atoms with Crippen LogP contribution in [-0.4, -0.2) is 44.4 Å². The Morgan fingerprint density at radius 2 is 2.30 bits per heavy atom. The monoisotopic (exact) mass is 342 g/mol. The zero-order valence-electron chi connectivity index (χ0n) is 13.8. The zero-order chi connectivity index (χ0) is 15.8. The van der Waals surface area contributed by atoms with Crippen molar-refractivity contribution in [2.24, 2.45) is 0 Å². The van der Waals surface area contributed by atoms with Gasteiger partial charge in [-0.05, 0) is 44.5 Å². The molecule has 0 aromatic heterocycles. The van der Waals surface area contributed by atoms with Crippen molar-refractivity contribution < 1.29 is 14.3 Å². The number of rotatable bonds is 8. The fourth-order valence-corrected chi connectivity index (χ4v) is 2.46. The second-order valence-corrected chi connectivity index (χ2v) is 5.64. The Bertz CT molecular complexity index is 479. The molecule has 0 bridgehead atoms. The van der Waals surface area contributed by atoms with Gasteiger partial charge < -0.3 is 20.1 Å². The largest absolute Gasteiger partial charge is 0.491 e. The van der Waals surface area contributed by atoms with Crippen LogP contribution in [0.1, 0.15) is 37.0 Å². The molecule has 1 heterocycles. The standard InChI is InChI=1S/C17H26N2O3.ClH/c1-3-18-13(2)11-19-17(20)14-6-4-7-15(10-14)22-12-16-8-5-9-21-16;/h4,6-7,10,13,16,18H,3,5,8-9,11-12H2,1-2H3,(H,19,20);1H/t13-,16?;/m1./s1. The Morgan fingerprint density at radius 1 is 1.48 bits per heavy atom. The first-order chi connectivity index (χ1) is 10.7. The van der Waals surface area contributed by atoms with Gasteiger partial charge in [0.05, 0.1) is 6.10 Å². The Morgan fingerprint density at radius 3 is 3.00 bits per heavy atom. The molecule has 6 heteroatoms. The summed E-state index contributed by atoms with van der Waals surface area (Å²) in [5, 5.41) is 6.19. The highest BCUT2D eigenvalue weighted by Gasteiger charge is 2.16. The molecule has 2 N–H and O–H groups in total. The molecule has 1 unspecified atom stereocenters. The number of hydrogen-bond acceptors (Lipinski definition) is 4. The molecular weight excluding hydrogens is 316 g/mol. The molecule has 130 valence electrons.